The normalized spacial score (nSPS) is 14.8. The molecule has 1 N–H and O–H groups in total. The van der Waals surface area contributed by atoms with Crippen LogP contribution in [0.3, 0.4) is 0 Å². The molecule has 1 saturated heterocycles. The number of amides is 1. The summed E-state index contributed by atoms with van der Waals surface area (Å²) in [5, 5.41) is 3.09. The van der Waals surface area contributed by atoms with Crippen molar-refractivity contribution in [2.24, 2.45) is 0 Å². The van der Waals surface area contributed by atoms with Crippen LogP contribution < -0.4 is 10.1 Å². The molecule has 0 atom stereocenters. The van der Waals surface area contributed by atoms with Crippen LogP contribution in [0.2, 0.25) is 0 Å². The number of rotatable bonds is 9. The summed E-state index contributed by atoms with van der Waals surface area (Å²) in [4.78, 5) is 17.7. The van der Waals surface area contributed by atoms with E-state index in [1.54, 1.807) is 0 Å². The van der Waals surface area contributed by atoms with Crippen LogP contribution in [0.15, 0.2) is 84.9 Å². The van der Waals surface area contributed by atoms with Crippen molar-refractivity contribution < 1.29 is 9.53 Å². The van der Waals surface area contributed by atoms with Gasteiger partial charge in [-0.2, -0.15) is 0 Å². The zero-order valence-electron chi connectivity index (χ0n) is 18.5. The average Bonchev–Trinajstić information content (AvgIpc) is 2.85. The molecule has 3 aromatic carbocycles. The molecule has 1 fully saturated rings. The molecule has 0 spiro atoms. The second-order valence-corrected chi connectivity index (χ2v) is 8.12. The first-order valence-corrected chi connectivity index (χ1v) is 11.3. The number of carbonyl (C=O) groups excluding carboxylic acids is 1. The average molecular weight is 430 g/mol. The number of carbonyl (C=O) groups is 1. The van der Waals surface area contributed by atoms with Gasteiger partial charge in [0.1, 0.15) is 12.4 Å². The van der Waals surface area contributed by atoms with Crippen molar-refractivity contribution in [2.45, 2.75) is 13.2 Å². The largest absolute Gasteiger partial charge is 0.489 e. The fourth-order valence-corrected chi connectivity index (χ4v) is 3.98. The molecule has 4 rings (SSSR count). The van der Waals surface area contributed by atoms with Gasteiger partial charge in [0.15, 0.2) is 0 Å². The van der Waals surface area contributed by atoms with Crippen molar-refractivity contribution in [2.75, 3.05) is 39.3 Å². The van der Waals surface area contributed by atoms with Gasteiger partial charge in [-0.3, -0.25) is 14.6 Å². The van der Waals surface area contributed by atoms with Gasteiger partial charge in [-0.15, -0.1) is 0 Å². The highest BCUT2D eigenvalue weighted by atomic mass is 16.5. The van der Waals surface area contributed by atoms with Crippen LogP contribution in [-0.4, -0.2) is 55.0 Å². The van der Waals surface area contributed by atoms with E-state index in [0.29, 0.717) is 18.7 Å². The summed E-state index contributed by atoms with van der Waals surface area (Å²) in [6, 6.07) is 27.9. The summed E-state index contributed by atoms with van der Waals surface area (Å²) < 4.78 is 5.84. The smallest absolute Gasteiger partial charge is 0.251 e. The van der Waals surface area contributed by atoms with Gasteiger partial charge in [-0.25, -0.2) is 0 Å². The monoisotopic (exact) mass is 429 g/mol. The summed E-state index contributed by atoms with van der Waals surface area (Å²) in [6.07, 6.45) is 0. The van der Waals surface area contributed by atoms with E-state index in [0.717, 1.165) is 50.6 Å². The van der Waals surface area contributed by atoms with Crippen LogP contribution in [0.4, 0.5) is 0 Å². The Morgan fingerprint density at radius 3 is 2.16 bits per heavy atom. The lowest BCUT2D eigenvalue weighted by molar-refractivity contribution is 0.0931. The Hall–Kier alpha value is -3.15. The fraction of sp³-hybridized carbons (Fsp3) is 0.296. The predicted octanol–water partition coefficient (Wildman–Crippen LogP) is 3.81. The maximum atomic E-state index is 12.8. The first kappa shape index (κ1) is 22.1. The van der Waals surface area contributed by atoms with Crippen molar-refractivity contribution in [1.29, 1.82) is 0 Å². The highest BCUT2D eigenvalue weighted by Crippen LogP contribution is 2.15. The Morgan fingerprint density at radius 2 is 1.41 bits per heavy atom. The van der Waals surface area contributed by atoms with E-state index in [-0.39, 0.29) is 5.91 Å². The minimum atomic E-state index is -0.0417. The van der Waals surface area contributed by atoms with Gasteiger partial charge in [-0.05, 0) is 23.8 Å². The van der Waals surface area contributed by atoms with Gasteiger partial charge in [0.25, 0.3) is 5.91 Å². The van der Waals surface area contributed by atoms with Gasteiger partial charge < -0.3 is 10.1 Å². The lowest BCUT2D eigenvalue weighted by atomic mass is 10.1. The number of benzene rings is 3. The molecule has 0 radical (unpaired) electrons. The van der Waals surface area contributed by atoms with E-state index >= 15 is 0 Å². The Bertz CT molecular complexity index is 970. The highest BCUT2D eigenvalue weighted by Gasteiger charge is 2.17. The second-order valence-electron chi connectivity index (χ2n) is 8.12. The molecule has 1 amide bonds. The summed E-state index contributed by atoms with van der Waals surface area (Å²) in [5.74, 6) is 0.758. The number of nitrogens with zero attached hydrogens (tertiary/aromatic N) is 2. The van der Waals surface area contributed by atoms with E-state index in [2.05, 4.69) is 45.4 Å². The maximum absolute atomic E-state index is 12.8. The third-order valence-corrected chi connectivity index (χ3v) is 5.83. The zero-order valence-corrected chi connectivity index (χ0v) is 18.5. The summed E-state index contributed by atoms with van der Waals surface area (Å²) in [5.41, 5.74) is 2.93. The standard InChI is InChI=1S/C27H31N3O2/c31-27(26-14-8-7-11-24(26)22-32-25-12-5-2-6-13-25)28-15-16-29-17-19-30(20-18-29)21-23-9-3-1-4-10-23/h1-14H,15-22H2,(H,28,31). The van der Waals surface area contributed by atoms with Crippen LogP contribution in [0.25, 0.3) is 0 Å². The van der Waals surface area contributed by atoms with Crippen molar-refractivity contribution in [1.82, 2.24) is 15.1 Å². The van der Waals surface area contributed by atoms with Gasteiger partial charge in [0, 0.05) is 56.9 Å². The molecule has 166 valence electrons. The summed E-state index contributed by atoms with van der Waals surface area (Å²) in [7, 11) is 0. The second kappa shape index (κ2) is 11.5. The quantitative estimate of drug-likeness (QED) is 0.562. The van der Waals surface area contributed by atoms with Gasteiger partial charge >= 0.3 is 0 Å². The molecule has 1 aliphatic rings. The van der Waals surface area contributed by atoms with E-state index in [1.165, 1.54) is 5.56 Å². The van der Waals surface area contributed by atoms with E-state index in [9.17, 15) is 4.79 Å². The Morgan fingerprint density at radius 1 is 0.781 bits per heavy atom. The third-order valence-electron chi connectivity index (χ3n) is 5.83. The van der Waals surface area contributed by atoms with Gasteiger partial charge in [-0.1, -0.05) is 66.7 Å². The van der Waals surface area contributed by atoms with Crippen LogP contribution >= 0.6 is 0 Å². The molecule has 0 aromatic heterocycles. The van der Waals surface area contributed by atoms with Crippen LogP contribution in [-0.2, 0) is 13.2 Å². The Labute approximate surface area is 190 Å². The van der Waals surface area contributed by atoms with E-state index in [4.69, 9.17) is 4.74 Å². The molecule has 32 heavy (non-hydrogen) atoms. The summed E-state index contributed by atoms with van der Waals surface area (Å²) >= 11 is 0. The molecular weight excluding hydrogens is 398 g/mol. The molecule has 1 aliphatic heterocycles. The third kappa shape index (κ3) is 6.42. The van der Waals surface area contributed by atoms with E-state index in [1.807, 2.05) is 54.6 Å². The van der Waals surface area contributed by atoms with Crippen LogP contribution in [0.5, 0.6) is 5.75 Å². The molecule has 1 heterocycles. The Kier molecular flexibility index (Phi) is 7.90. The SMILES string of the molecule is O=C(NCCN1CCN(Cc2ccccc2)CC1)c1ccccc1COc1ccccc1. The van der Waals surface area contributed by atoms with Crippen molar-refractivity contribution in [3.63, 3.8) is 0 Å². The minimum absolute atomic E-state index is 0.0417. The van der Waals surface area contributed by atoms with Crippen molar-refractivity contribution in [3.05, 3.63) is 102 Å². The lowest BCUT2D eigenvalue weighted by Gasteiger charge is -2.34. The minimum Gasteiger partial charge on any atom is -0.489 e. The van der Waals surface area contributed by atoms with Crippen LogP contribution in [0, 0.1) is 0 Å². The first-order valence-electron chi connectivity index (χ1n) is 11.3. The Balaban J connectivity index is 1.20. The number of ether oxygens (including phenoxy) is 1. The molecule has 0 saturated carbocycles. The number of hydrogen-bond donors (Lipinski definition) is 1. The molecule has 3 aromatic rings. The topological polar surface area (TPSA) is 44.8 Å². The van der Waals surface area contributed by atoms with Gasteiger partial charge in [0.2, 0.25) is 0 Å². The van der Waals surface area contributed by atoms with Crippen molar-refractivity contribution >= 4 is 5.91 Å². The molecule has 5 heteroatoms. The molecule has 0 bridgehead atoms. The summed E-state index contributed by atoms with van der Waals surface area (Å²) in [6.45, 7) is 7.07. The van der Waals surface area contributed by atoms with E-state index < -0.39 is 0 Å². The molecule has 0 unspecified atom stereocenters. The first-order chi connectivity index (χ1) is 15.8. The molecule has 5 nitrogen and oxygen atoms in total. The number of nitrogens with one attached hydrogen (secondary N) is 1. The predicted molar refractivity (Wildman–Crippen MR) is 128 cm³/mol. The molecular formula is C27H31N3O2. The zero-order chi connectivity index (χ0) is 22.0. The number of piperazine rings is 1. The number of para-hydroxylation sites is 1. The number of hydrogen-bond acceptors (Lipinski definition) is 4. The lowest BCUT2D eigenvalue weighted by Crippen LogP contribution is -2.48. The maximum Gasteiger partial charge on any atom is 0.251 e. The fourth-order valence-electron chi connectivity index (χ4n) is 3.98. The highest BCUT2D eigenvalue weighted by molar-refractivity contribution is 5.95. The molecule has 0 aliphatic carbocycles. The van der Waals surface area contributed by atoms with Crippen LogP contribution in [0.1, 0.15) is 21.5 Å². The van der Waals surface area contributed by atoms with Crippen molar-refractivity contribution in [3.8, 4) is 5.75 Å². The van der Waals surface area contributed by atoms with Gasteiger partial charge in [0.05, 0.1) is 0 Å².